The van der Waals surface area contributed by atoms with Crippen LogP contribution in [0.25, 0.3) is 0 Å². The number of amides is 1. The summed E-state index contributed by atoms with van der Waals surface area (Å²) in [7, 11) is 0. The van der Waals surface area contributed by atoms with E-state index in [1.165, 1.54) is 4.90 Å². The zero-order valence-electron chi connectivity index (χ0n) is 23.5. The predicted octanol–water partition coefficient (Wildman–Crippen LogP) is 5.76. The van der Waals surface area contributed by atoms with Crippen molar-refractivity contribution in [1.29, 1.82) is 0 Å². The minimum atomic E-state index is -0.996. The summed E-state index contributed by atoms with van der Waals surface area (Å²) in [6.07, 6.45) is -2.92. The molecule has 42 heavy (non-hydrogen) atoms. The molecule has 0 bridgehead atoms. The molecule has 4 aromatic carbocycles. The van der Waals surface area contributed by atoms with E-state index in [2.05, 4.69) is 0 Å². The number of nitrogens with zero attached hydrogens (tertiary/aromatic N) is 1. The van der Waals surface area contributed by atoms with Gasteiger partial charge in [0.1, 0.15) is 24.9 Å². The van der Waals surface area contributed by atoms with Gasteiger partial charge in [0.15, 0.2) is 0 Å². The summed E-state index contributed by atoms with van der Waals surface area (Å²) < 4.78 is 24.7. The average molecular weight is 568 g/mol. The van der Waals surface area contributed by atoms with E-state index in [1.54, 1.807) is 0 Å². The van der Waals surface area contributed by atoms with Crippen molar-refractivity contribution >= 4 is 6.09 Å². The van der Waals surface area contributed by atoms with Gasteiger partial charge in [-0.25, -0.2) is 4.79 Å². The highest BCUT2D eigenvalue weighted by Gasteiger charge is 2.47. The second-order valence-electron chi connectivity index (χ2n) is 10.4. The van der Waals surface area contributed by atoms with E-state index in [4.69, 9.17) is 18.9 Å². The molecule has 1 aliphatic heterocycles. The monoisotopic (exact) mass is 567 g/mol. The van der Waals surface area contributed by atoms with Gasteiger partial charge in [0.25, 0.3) is 0 Å². The zero-order valence-corrected chi connectivity index (χ0v) is 23.5. The summed E-state index contributed by atoms with van der Waals surface area (Å²) in [6, 6.07) is 38.4. The highest BCUT2D eigenvalue weighted by molar-refractivity contribution is 5.68. The van der Waals surface area contributed by atoms with Crippen LogP contribution in [0.15, 0.2) is 121 Å². The Morgan fingerprint density at radius 1 is 0.619 bits per heavy atom. The lowest BCUT2D eigenvalue weighted by molar-refractivity contribution is -0.191. The van der Waals surface area contributed by atoms with E-state index in [0.717, 1.165) is 22.3 Å². The summed E-state index contributed by atoms with van der Waals surface area (Å²) >= 11 is 0. The topological polar surface area (TPSA) is 77.5 Å². The fraction of sp³-hybridized carbons (Fsp3) is 0.286. The van der Waals surface area contributed by atoms with E-state index in [1.807, 2.05) is 121 Å². The van der Waals surface area contributed by atoms with Crippen LogP contribution in [0.4, 0.5) is 4.79 Å². The lowest BCUT2D eigenvalue weighted by atomic mass is 9.93. The largest absolute Gasteiger partial charge is 0.445 e. The van der Waals surface area contributed by atoms with Gasteiger partial charge in [0, 0.05) is 0 Å². The molecule has 0 unspecified atom stereocenters. The number of carbonyl (C=O) groups excluding carboxylic acids is 1. The lowest BCUT2D eigenvalue weighted by Crippen LogP contribution is -2.65. The van der Waals surface area contributed by atoms with Gasteiger partial charge in [-0.1, -0.05) is 121 Å². The molecule has 5 rings (SSSR count). The molecule has 0 radical (unpaired) electrons. The van der Waals surface area contributed by atoms with Crippen LogP contribution in [0.2, 0.25) is 0 Å². The number of carbonyl (C=O) groups is 1. The Kier molecular flexibility index (Phi) is 10.7. The highest BCUT2D eigenvalue weighted by Crippen LogP contribution is 2.28. The van der Waals surface area contributed by atoms with E-state index < -0.39 is 30.4 Å². The quantitative estimate of drug-likeness (QED) is 0.235. The molecule has 1 saturated heterocycles. The number of piperidine rings is 1. The van der Waals surface area contributed by atoms with Gasteiger partial charge in [0.05, 0.1) is 39.0 Å². The smallest absolute Gasteiger partial charge is 0.410 e. The van der Waals surface area contributed by atoms with Crippen molar-refractivity contribution in [2.45, 2.75) is 50.8 Å². The maximum Gasteiger partial charge on any atom is 0.410 e. The number of aliphatic hydroxyl groups is 1. The van der Waals surface area contributed by atoms with Crippen LogP contribution in [0.1, 0.15) is 22.3 Å². The standard InChI is InChI=1S/C35H37NO6/c37-32-21-36(35(38)42-25-30-19-11-4-12-20-30)31(26-39-22-27-13-5-1-6-14-27)33(40-23-28-15-7-2-8-16-28)34(32)41-24-29-17-9-3-10-18-29/h1-20,31-34,37H,21-26H2/t31-,32+,33-,34-/m1/s1. The first kappa shape index (κ1) is 29.5. The third-order valence-corrected chi connectivity index (χ3v) is 7.28. The fourth-order valence-electron chi connectivity index (χ4n) is 5.07. The summed E-state index contributed by atoms with van der Waals surface area (Å²) in [4.78, 5) is 15.0. The lowest BCUT2D eigenvalue weighted by Gasteiger charge is -2.46. The number of likely N-dealkylation sites (tertiary alicyclic amines) is 1. The third kappa shape index (κ3) is 8.27. The molecule has 1 N–H and O–H groups in total. The number of β-amino-alcohol motifs (C(OH)–C–C–N with tert-alkyl or cyclic N) is 1. The molecule has 4 atom stereocenters. The van der Waals surface area contributed by atoms with Crippen molar-refractivity contribution in [2.24, 2.45) is 0 Å². The molecule has 1 fully saturated rings. The number of hydrogen-bond donors (Lipinski definition) is 1. The predicted molar refractivity (Wildman–Crippen MR) is 159 cm³/mol. The number of rotatable bonds is 12. The number of ether oxygens (including phenoxy) is 4. The zero-order chi connectivity index (χ0) is 29.0. The van der Waals surface area contributed by atoms with Crippen molar-refractivity contribution in [2.75, 3.05) is 13.2 Å². The fourth-order valence-corrected chi connectivity index (χ4v) is 5.07. The normalized spacial score (nSPS) is 20.3. The number of hydrogen-bond acceptors (Lipinski definition) is 6. The number of benzene rings is 4. The summed E-state index contributed by atoms with van der Waals surface area (Å²) in [6.45, 7) is 1.26. The van der Waals surface area contributed by atoms with Gasteiger partial charge in [-0.05, 0) is 22.3 Å². The van der Waals surface area contributed by atoms with Gasteiger partial charge in [0.2, 0.25) is 0 Å². The molecule has 7 heteroatoms. The minimum absolute atomic E-state index is 0.0254. The maximum absolute atomic E-state index is 13.5. The SMILES string of the molecule is O=C(OCc1ccccc1)N1C[C@H](O)[C@@H](OCc2ccccc2)[C@H](OCc2ccccc2)[C@H]1COCc1ccccc1. The maximum atomic E-state index is 13.5. The van der Waals surface area contributed by atoms with Gasteiger partial charge < -0.3 is 24.1 Å². The summed E-state index contributed by atoms with van der Waals surface area (Å²) in [5.41, 5.74) is 3.85. The van der Waals surface area contributed by atoms with Crippen LogP contribution < -0.4 is 0 Å². The van der Waals surface area contributed by atoms with Crippen molar-refractivity contribution in [3.05, 3.63) is 144 Å². The number of aliphatic hydroxyl groups excluding tert-OH is 1. The second-order valence-corrected chi connectivity index (χ2v) is 10.4. The van der Waals surface area contributed by atoms with Gasteiger partial charge in [-0.15, -0.1) is 0 Å². The van der Waals surface area contributed by atoms with E-state index in [0.29, 0.717) is 13.2 Å². The Morgan fingerprint density at radius 3 is 1.55 bits per heavy atom. The van der Waals surface area contributed by atoms with Crippen molar-refractivity contribution in [3.63, 3.8) is 0 Å². The highest BCUT2D eigenvalue weighted by atomic mass is 16.6. The van der Waals surface area contributed by atoms with E-state index in [9.17, 15) is 9.90 Å². The van der Waals surface area contributed by atoms with E-state index >= 15 is 0 Å². The Labute approximate surface area is 247 Å². The van der Waals surface area contributed by atoms with Crippen LogP contribution in [0, 0.1) is 0 Å². The molecule has 218 valence electrons. The van der Waals surface area contributed by atoms with Crippen LogP contribution in [-0.2, 0) is 45.4 Å². The van der Waals surface area contributed by atoms with Crippen LogP contribution in [-0.4, -0.2) is 53.6 Å². The molecule has 1 heterocycles. The first-order valence-electron chi connectivity index (χ1n) is 14.3. The van der Waals surface area contributed by atoms with Crippen molar-refractivity contribution < 1.29 is 28.8 Å². The third-order valence-electron chi connectivity index (χ3n) is 7.28. The minimum Gasteiger partial charge on any atom is -0.445 e. The summed E-state index contributed by atoms with van der Waals surface area (Å²) in [5.74, 6) is 0. The Hall–Kier alpha value is -4.01. The van der Waals surface area contributed by atoms with Crippen LogP contribution >= 0.6 is 0 Å². The average Bonchev–Trinajstić information content (AvgIpc) is 3.04. The van der Waals surface area contributed by atoms with Gasteiger partial charge >= 0.3 is 6.09 Å². The molecule has 0 aromatic heterocycles. The van der Waals surface area contributed by atoms with Crippen LogP contribution in [0.5, 0.6) is 0 Å². The molecular formula is C35H37NO6. The first-order chi connectivity index (χ1) is 20.7. The molecule has 0 aliphatic carbocycles. The van der Waals surface area contributed by atoms with Crippen molar-refractivity contribution in [3.8, 4) is 0 Å². The van der Waals surface area contributed by atoms with Crippen molar-refractivity contribution in [1.82, 2.24) is 4.90 Å². The van der Waals surface area contributed by atoms with Gasteiger partial charge in [-0.2, -0.15) is 0 Å². The van der Waals surface area contributed by atoms with Gasteiger partial charge in [-0.3, -0.25) is 4.90 Å². The van der Waals surface area contributed by atoms with E-state index in [-0.39, 0.29) is 26.4 Å². The summed E-state index contributed by atoms with van der Waals surface area (Å²) in [5, 5.41) is 11.3. The molecular weight excluding hydrogens is 530 g/mol. The molecule has 1 aliphatic rings. The molecule has 1 amide bonds. The molecule has 0 saturated carbocycles. The molecule has 4 aromatic rings. The molecule has 7 nitrogen and oxygen atoms in total. The Balaban J connectivity index is 1.37. The second kappa shape index (κ2) is 15.3. The molecule has 0 spiro atoms. The Morgan fingerprint density at radius 2 is 1.05 bits per heavy atom. The van der Waals surface area contributed by atoms with Crippen LogP contribution in [0.3, 0.4) is 0 Å². The Bertz CT molecular complexity index is 1340. The first-order valence-corrected chi connectivity index (χ1v) is 14.3.